The fourth-order valence-corrected chi connectivity index (χ4v) is 4.10. The minimum atomic E-state index is -0.304. The number of aromatic nitrogens is 3. The minimum absolute atomic E-state index is 0.0812. The van der Waals surface area contributed by atoms with Crippen LogP contribution in [0.15, 0.2) is 66.4 Å². The second-order valence-corrected chi connectivity index (χ2v) is 8.84. The average molecular weight is 532 g/mol. The molecule has 2 N–H and O–H groups in total. The van der Waals surface area contributed by atoms with E-state index in [0.29, 0.717) is 39.0 Å². The highest BCUT2D eigenvalue weighted by atomic mass is 35.5. The number of hydrogen-bond donors (Lipinski definition) is 2. The lowest BCUT2D eigenvalue weighted by atomic mass is 10.2. The number of allylic oxidation sites excluding steroid dienone is 1. The number of anilines is 1. The Kier molecular flexibility index (Phi) is 9.77. The number of carbonyl (C=O) groups excluding carboxylic acids is 2. The van der Waals surface area contributed by atoms with E-state index in [1.807, 2.05) is 18.2 Å². The first kappa shape index (κ1) is 26.3. The molecule has 11 heteroatoms. The SMILES string of the molecule is C=CCn1c(CNC(=O)C=Cc2ccccc2Cl)nnc1SCC(=O)Nc1cc(Cl)ccc1OC. The maximum Gasteiger partial charge on any atom is 0.244 e. The zero-order chi connectivity index (χ0) is 25.2. The molecule has 0 atom stereocenters. The van der Waals surface area contributed by atoms with Crippen LogP contribution in [0.1, 0.15) is 11.4 Å². The minimum Gasteiger partial charge on any atom is -0.495 e. The molecule has 1 heterocycles. The monoisotopic (exact) mass is 531 g/mol. The number of rotatable bonds is 11. The maximum atomic E-state index is 12.5. The van der Waals surface area contributed by atoms with E-state index in [1.165, 1.54) is 24.9 Å². The Hall–Kier alpha value is -3.27. The molecule has 35 heavy (non-hydrogen) atoms. The molecule has 0 unspecified atom stereocenters. The summed E-state index contributed by atoms with van der Waals surface area (Å²) in [5.74, 6) is 0.552. The van der Waals surface area contributed by atoms with Crippen LogP contribution in [0.4, 0.5) is 5.69 Å². The van der Waals surface area contributed by atoms with E-state index in [-0.39, 0.29) is 24.1 Å². The van der Waals surface area contributed by atoms with Gasteiger partial charge in [0.05, 0.1) is 25.1 Å². The predicted octanol–water partition coefficient (Wildman–Crippen LogP) is 4.84. The molecule has 0 spiro atoms. The smallest absolute Gasteiger partial charge is 0.244 e. The first-order valence-electron chi connectivity index (χ1n) is 10.4. The zero-order valence-electron chi connectivity index (χ0n) is 18.8. The third-order valence-electron chi connectivity index (χ3n) is 4.61. The normalized spacial score (nSPS) is 10.8. The molecular weight excluding hydrogens is 509 g/mol. The molecular formula is C24H23Cl2N5O3S. The maximum absolute atomic E-state index is 12.5. The third kappa shape index (κ3) is 7.61. The molecule has 3 aromatic rings. The summed E-state index contributed by atoms with van der Waals surface area (Å²) < 4.78 is 7.03. The molecule has 182 valence electrons. The van der Waals surface area contributed by atoms with Gasteiger partial charge in [-0.2, -0.15) is 0 Å². The lowest BCUT2D eigenvalue weighted by Gasteiger charge is -2.11. The van der Waals surface area contributed by atoms with Gasteiger partial charge in [-0.05, 0) is 35.9 Å². The van der Waals surface area contributed by atoms with Crippen LogP contribution in [0.25, 0.3) is 6.08 Å². The number of nitrogens with zero attached hydrogens (tertiary/aromatic N) is 3. The predicted molar refractivity (Wildman–Crippen MR) is 140 cm³/mol. The van der Waals surface area contributed by atoms with E-state index >= 15 is 0 Å². The Labute approximate surface area is 217 Å². The Balaban J connectivity index is 1.59. The number of amides is 2. The molecule has 0 bridgehead atoms. The number of carbonyl (C=O) groups is 2. The summed E-state index contributed by atoms with van der Waals surface area (Å²) >= 11 is 13.3. The van der Waals surface area contributed by atoms with Crippen molar-refractivity contribution >= 4 is 58.5 Å². The number of benzene rings is 2. The van der Waals surface area contributed by atoms with Crippen LogP contribution in [-0.4, -0.2) is 39.4 Å². The lowest BCUT2D eigenvalue weighted by Crippen LogP contribution is -2.23. The molecule has 0 aliphatic carbocycles. The summed E-state index contributed by atoms with van der Waals surface area (Å²) in [6, 6.07) is 12.2. The van der Waals surface area contributed by atoms with Gasteiger partial charge in [-0.3, -0.25) is 9.59 Å². The van der Waals surface area contributed by atoms with Crippen LogP contribution >= 0.6 is 35.0 Å². The Bertz CT molecular complexity index is 1250. The van der Waals surface area contributed by atoms with Gasteiger partial charge < -0.3 is 19.9 Å². The van der Waals surface area contributed by atoms with Gasteiger partial charge in [0.1, 0.15) is 5.75 Å². The molecule has 0 saturated carbocycles. The Morgan fingerprint density at radius 2 is 2.00 bits per heavy atom. The van der Waals surface area contributed by atoms with Crippen LogP contribution in [0.5, 0.6) is 5.75 Å². The molecule has 2 aromatic carbocycles. The fourth-order valence-electron chi connectivity index (χ4n) is 2.96. The van der Waals surface area contributed by atoms with Crippen molar-refractivity contribution in [1.29, 1.82) is 0 Å². The molecule has 2 amide bonds. The molecule has 0 radical (unpaired) electrons. The topological polar surface area (TPSA) is 98.1 Å². The zero-order valence-corrected chi connectivity index (χ0v) is 21.2. The highest BCUT2D eigenvalue weighted by Crippen LogP contribution is 2.28. The first-order chi connectivity index (χ1) is 16.9. The summed E-state index contributed by atoms with van der Waals surface area (Å²) in [7, 11) is 1.51. The molecule has 3 rings (SSSR count). The quantitative estimate of drug-likeness (QED) is 0.208. The number of ether oxygens (including phenoxy) is 1. The van der Waals surface area contributed by atoms with Crippen LogP contribution < -0.4 is 15.4 Å². The number of thioether (sulfide) groups is 1. The molecule has 0 fully saturated rings. The van der Waals surface area contributed by atoms with E-state index in [4.69, 9.17) is 27.9 Å². The van der Waals surface area contributed by atoms with Crippen molar-refractivity contribution in [3.8, 4) is 5.75 Å². The highest BCUT2D eigenvalue weighted by molar-refractivity contribution is 7.99. The van der Waals surface area contributed by atoms with Crippen molar-refractivity contribution in [3.05, 3.63) is 82.6 Å². The van der Waals surface area contributed by atoms with Gasteiger partial charge in [0, 0.05) is 22.7 Å². The van der Waals surface area contributed by atoms with E-state index in [1.54, 1.807) is 41.0 Å². The van der Waals surface area contributed by atoms with Crippen molar-refractivity contribution < 1.29 is 14.3 Å². The standard InChI is InChI=1S/C24H23Cl2N5O3S/c1-3-12-31-21(14-27-22(32)11-8-16-6-4-5-7-18(16)26)29-30-24(31)35-15-23(33)28-19-13-17(25)9-10-20(19)34-2/h3-11,13H,1,12,14-15H2,2H3,(H,27,32)(H,28,33). The van der Waals surface area contributed by atoms with Crippen LogP contribution in [0.3, 0.4) is 0 Å². The fraction of sp³-hybridized carbons (Fsp3) is 0.167. The second kappa shape index (κ2) is 13.0. The van der Waals surface area contributed by atoms with Gasteiger partial charge in [0.25, 0.3) is 0 Å². The second-order valence-electron chi connectivity index (χ2n) is 7.05. The van der Waals surface area contributed by atoms with Crippen LogP contribution in [0.2, 0.25) is 10.0 Å². The van der Waals surface area contributed by atoms with Crippen molar-refractivity contribution in [2.45, 2.75) is 18.2 Å². The Morgan fingerprint density at radius 3 is 2.74 bits per heavy atom. The number of hydrogen-bond acceptors (Lipinski definition) is 6. The van der Waals surface area contributed by atoms with Gasteiger partial charge in [-0.15, -0.1) is 16.8 Å². The summed E-state index contributed by atoms with van der Waals surface area (Å²) in [4.78, 5) is 24.7. The van der Waals surface area contributed by atoms with Crippen molar-refractivity contribution in [2.75, 3.05) is 18.2 Å². The average Bonchev–Trinajstić information content (AvgIpc) is 3.22. The first-order valence-corrected chi connectivity index (χ1v) is 12.1. The summed E-state index contributed by atoms with van der Waals surface area (Å²) in [6.45, 7) is 4.33. The van der Waals surface area contributed by atoms with Crippen LogP contribution in [-0.2, 0) is 22.7 Å². The van der Waals surface area contributed by atoms with Gasteiger partial charge in [0.15, 0.2) is 11.0 Å². The molecule has 0 aliphatic rings. The van der Waals surface area contributed by atoms with Crippen molar-refractivity contribution in [2.24, 2.45) is 0 Å². The van der Waals surface area contributed by atoms with Gasteiger partial charge in [0.2, 0.25) is 11.8 Å². The number of nitrogens with one attached hydrogen (secondary N) is 2. The van der Waals surface area contributed by atoms with Gasteiger partial charge >= 0.3 is 0 Å². The van der Waals surface area contributed by atoms with E-state index in [0.717, 1.165) is 5.56 Å². The summed E-state index contributed by atoms with van der Waals surface area (Å²) in [5.41, 5.74) is 1.22. The molecule has 1 aromatic heterocycles. The molecule has 0 aliphatic heterocycles. The lowest BCUT2D eigenvalue weighted by molar-refractivity contribution is -0.116. The highest BCUT2D eigenvalue weighted by Gasteiger charge is 2.15. The third-order valence-corrected chi connectivity index (χ3v) is 6.16. The van der Waals surface area contributed by atoms with Crippen LogP contribution in [0, 0.1) is 0 Å². The van der Waals surface area contributed by atoms with E-state index in [9.17, 15) is 9.59 Å². The van der Waals surface area contributed by atoms with E-state index < -0.39 is 0 Å². The summed E-state index contributed by atoms with van der Waals surface area (Å²) in [5, 5.41) is 15.4. The Morgan fingerprint density at radius 1 is 1.20 bits per heavy atom. The van der Waals surface area contributed by atoms with Crippen molar-refractivity contribution in [1.82, 2.24) is 20.1 Å². The van der Waals surface area contributed by atoms with Crippen molar-refractivity contribution in [3.63, 3.8) is 0 Å². The largest absolute Gasteiger partial charge is 0.495 e. The van der Waals surface area contributed by atoms with Gasteiger partial charge in [-0.25, -0.2) is 0 Å². The summed E-state index contributed by atoms with van der Waals surface area (Å²) in [6.07, 6.45) is 4.73. The van der Waals surface area contributed by atoms with Gasteiger partial charge in [-0.1, -0.05) is 59.2 Å². The number of halogens is 2. The number of methoxy groups -OCH3 is 1. The molecule has 0 saturated heterocycles. The molecule has 8 nitrogen and oxygen atoms in total. The van der Waals surface area contributed by atoms with E-state index in [2.05, 4.69) is 27.4 Å².